The molecule has 1 N–H and O–H groups in total. The Hall–Kier alpha value is -0.570. The van der Waals surface area contributed by atoms with Crippen LogP contribution in [-0.2, 0) is 9.53 Å². The number of ether oxygens (including phenoxy) is 1. The Morgan fingerprint density at radius 1 is 1.06 bits per heavy atom. The van der Waals surface area contributed by atoms with Crippen LogP contribution >= 0.6 is 0 Å². The van der Waals surface area contributed by atoms with Gasteiger partial charge in [-0.05, 0) is 26.2 Å². The van der Waals surface area contributed by atoms with Gasteiger partial charge in [-0.2, -0.15) is 0 Å². The van der Waals surface area contributed by atoms with Crippen molar-refractivity contribution in [3.63, 3.8) is 0 Å². The Labute approximate surface area is 112 Å². The summed E-state index contributed by atoms with van der Waals surface area (Å²) in [7, 11) is 0. The Morgan fingerprint density at radius 3 is 2.28 bits per heavy atom. The molecule has 0 aliphatic rings. The summed E-state index contributed by atoms with van der Waals surface area (Å²) in [6.45, 7) is 6.83. The van der Waals surface area contributed by atoms with Crippen LogP contribution in [-0.4, -0.2) is 23.8 Å². The van der Waals surface area contributed by atoms with E-state index in [0.717, 1.165) is 19.4 Å². The number of carboxylic acid groups (broad SMARTS) is 1. The highest BCUT2D eigenvalue weighted by Gasteiger charge is 2.12. The maximum atomic E-state index is 10.7. The monoisotopic (exact) mass is 258 g/mol. The molecule has 0 radical (unpaired) electrons. The molecule has 0 amide bonds. The molecule has 0 heterocycles. The van der Waals surface area contributed by atoms with Crippen molar-refractivity contribution in [2.75, 3.05) is 6.61 Å². The SMILES string of the molecule is CCCCCCCCOC(C)CCC(C)C(=O)O. The Balaban J connectivity index is 3.31. The van der Waals surface area contributed by atoms with E-state index in [9.17, 15) is 4.79 Å². The molecule has 0 bridgehead atoms. The van der Waals surface area contributed by atoms with E-state index in [1.165, 1.54) is 32.1 Å². The summed E-state index contributed by atoms with van der Waals surface area (Å²) in [5.41, 5.74) is 0. The van der Waals surface area contributed by atoms with Gasteiger partial charge >= 0.3 is 5.97 Å². The number of hydrogen-bond acceptors (Lipinski definition) is 2. The molecule has 0 aromatic heterocycles. The smallest absolute Gasteiger partial charge is 0.306 e. The van der Waals surface area contributed by atoms with Gasteiger partial charge in [-0.1, -0.05) is 46.0 Å². The first-order valence-corrected chi connectivity index (χ1v) is 7.42. The topological polar surface area (TPSA) is 46.5 Å². The molecule has 0 aromatic carbocycles. The Kier molecular flexibility index (Phi) is 11.2. The van der Waals surface area contributed by atoms with Gasteiger partial charge in [0, 0.05) is 6.61 Å². The Morgan fingerprint density at radius 2 is 1.67 bits per heavy atom. The minimum atomic E-state index is -0.710. The van der Waals surface area contributed by atoms with Crippen LogP contribution in [0, 0.1) is 5.92 Å². The molecule has 3 heteroatoms. The molecular formula is C15H30O3. The summed E-state index contributed by atoms with van der Waals surface area (Å²) in [6.07, 6.45) is 9.36. The molecule has 0 aliphatic carbocycles. The van der Waals surface area contributed by atoms with E-state index in [4.69, 9.17) is 9.84 Å². The minimum absolute atomic E-state index is 0.183. The third-order valence-corrected chi connectivity index (χ3v) is 3.33. The van der Waals surface area contributed by atoms with E-state index >= 15 is 0 Å². The second-order valence-corrected chi connectivity index (χ2v) is 5.27. The fourth-order valence-corrected chi connectivity index (χ4v) is 1.86. The standard InChI is InChI=1S/C15H30O3/c1-4-5-6-7-8-9-12-18-14(3)11-10-13(2)15(16)17/h13-14H,4-12H2,1-3H3,(H,16,17). The van der Waals surface area contributed by atoms with Crippen LogP contribution in [0.15, 0.2) is 0 Å². The van der Waals surface area contributed by atoms with Crippen LogP contribution in [0.5, 0.6) is 0 Å². The van der Waals surface area contributed by atoms with Gasteiger partial charge < -0.3 is 9.84 Å². The summed E-state index contributed by atoms with van der Waals surface area (Å²) in [5, 5.41) is 8.77. The van der Waals surface area contributed by atoms with E-state index < -0.39 is 5.97 Å². The van der Waals surface area contributed by atoms with E-state index in [-0.39, 0.29) is 12.0 Å². The van der Waals surface area contributed by atoms with Crippen molar-refractivity contribution >= 4 is 5.97 Å². The van der Waals surface area contributed by atoms with Gasteiger partial charge in [-0.15, -0.1) is 0 Å². The highest BCUT2D eigenvalue weighted by molar-refractivity contribution is 5.69. The molecule has 0 rings (SSSR count). The van der Waals surface area contributed by atoms with Crippen molar-refractivity contribution < 1.29 is 14.6 Å². The highest BCUT2D eigenvalue weighted by Crippen LogP contribution is 2.11. The van der Waals surface area contributed by atoms with Crippen molar-refractivity contribution in [3.05, 3.63) is 0 Å². The molecule has 0 fully saturated rings. The summed E-state index contributed by atoms with van der Waals surface area (Å²) in [6, 6.07) is 0. The summed E-state index contributed by atoms with van der Waals surface area (Å²) >= 11 is 0. The first kappa shape index (κ1) is 17.4. The second-order valence-electron chi connectivity index (χ2n) is 5.27. The lowest BCUT2D eigenvalue weighted by atomic mass is 10.0. The molecule has 0 saturated heterocycles. The normalized spacial score (nSPS) is 14.4. The average Bonchev–Trinajstić information content (AvgIpc) is 2.34. The summed E-state index contributed by atoms with van der Waals surface area (Å²) in [4.78, 5) is 10.7. The molecule has 3 nitrogen and oxygen atoms in total. The summed E-state index contributed by atoms with van der Waals surface area (Å²) in [5.74, 6) is -0.969. The minimum Gasteiger partial charge on any atom is -0.481 e. The van der Waals surface area contributed by atoms with Gasteiger partial charge in [0.2, 0.25) is 0 Å². The lowest BCUT2D eigenvalue weighted by molar-refractivity contribution is -0.141. The maximum Gasteiger partial charge on any atom is 0.306 e. The number of unbranched alkanes of at least 4 members (excludes halogenated alkanes) is 5. The van der Waals surface area contributed by atoms with Gasteiger partial charge in [-0.3, -0.25) is 4.79 Å². The van der Waals surface area contributed by atoms with E-state index in [2.05, 4.69) is 6.92 Å². The molecule has 2 atom stereocenters. The zero-order chi connectivity index (χ0) is 13.8. The Bertz CT molecular complexity index is 204. The van der Waals surface area contributed by atoms with Crippen molar-refractivity contribution in [3.8, 4) is 0 Å². The molecule has 108 valence electrons. The van der Waals surface area contributed by atoms with Crippen LogP contribution < -0.4 is 0 Å². The predicted molar refractivity (Wildman–Crippen MR) is 74.8 cm³/mol. The number of carbonyl (C=O) groups is 1. The van der Waals surface area contributed by atoms with Crippen molar-refractivity contribution in [1.82, 2.24) is 0 Å². The highest BCUT2D eigenvalue weighted by atomic mass is 16.5. The molecule has 0 aromatic rings. The van der Waals surface area contributed by atoms with Gasteiger partial charge in [-0.25, -0.2) is 0 Å². The van der Waals surface area contributed by atoms with Crippen molar-refractivity contribution in [2.24, 2.45) is 5.92 Å². The van der Waals surface area contributed by atoms with Crippen molar-refractivity contribution in [2.45, 2.75) is 78.2 Å². The number of hydrogen-bond donors (Lipinski definition) is 1. The van der Waals surface area contributed by atoms with Gasteiger partial charge in [0.05, 0.1) is 12.0 Å². The molecule has 18 heavy (non-hydrogen) atoms. The average molecular weight is 258 g/mol. The lowest BCUT2D eigenvalue weighted by Crippen LogP contribution is -2.15. The molecule has 0 spiro atoms. The van der Waals surface area contributed by atoms with Crippen LogP contribution in [0.25, 0.3) is 0 Å². The second kappa shape index (κ2) is 11.5. The van der Waals surface area contributed by atoms with E-state index in [1.807, 2.05) is 6.92 Å². The van der Waals surface area contributed by atoms with Crippen LogP contribution in [0.1, 0.15) is 72.1 Å². The van der Waals surface area contributed by atoms with E-state index in [1.54, 1.807) is 6.92 Å². The first-order valence-electron chi connectivity index (χ1n) is 7.42. The quantitative estimate of drug-likeness (QED) is 0.532. The van der Waals surface area contributed by atoms with Crippen LogP contribution in [0.4, 0.5) is 0 Å². The fourth-order valence-electron chi connectivity index (χ4n) is 1.86. The molecule has 2 unspecified atom stereocenters. The number of rotatable bonds is 12. The van der Waals surface area contributed by atoms with Gasteiger partial charge in [0.1, 0.15) is 0 Å². The van der Waals surface area contributed by atoms with Crippen LogP contribution in [0.2, 0.25) is 0 Å². The number of aliphatic carboxylic acids is 1. The van der Waals surface area contributed by atoms with Gasteiger partial charge in [0.15, 0.2) is 0 Å². The molecule has 0 saturated carbocycles. The maximum absolute atomic E-state index is 10.7. The van der Waals surface area contributed by atoms with Crippen LogP contribution in [0.3, 0.4) is 0 Å². The fraction of sp³-hybridized carbons (Fsp3) is 0.933. The zero-order valence-corrected chi connectivity index (χ0v) is 12.3. The van der Waals surface area contributed by atoms with Crippen molar-refractivity contribution in [1.29, 1.82) is 0 Å². The predicted octanol–water partition coefficient (Wildman–Crippen LogP) is 4.25. The molecule has 0 aliphatic heterocycles. The third kappa shape index (κ3) is 10.6. The zero-order valence-electron chi connectivity index (χ0n) is 12.3. The largest absolute Gasteiger partial charge is 0.481 e. The first-order chi connectivity index (χ1) is 8.57. The van der Waals surface area contributed by atoms with Gasteiger partial charge in [0.25, 0.3) is 0 Å². The summed E-state index contributed by atoms with van der Waals surface area (Å²) < 4.78 is 5.69. The number of carboxylic acids is 1. The lowest BCUT2D eigenvalue weighted by Gasteiger charge is -2.14. The van der Waals surface area contributed by atoms with E-state index in [0.29, 0.717) is 6.42 Å². The third-order valence-electron chi connectivity index (χ3n) is 3.33. The molecular weight excluding hydrogens is 228 g/mol.